The van der Waals surface area contributed by atoms with Crippen LogP contribution >= 0.6 is 0 Å². The lowest BCUT2D eigenvalue weighted by molar-refractivity contribution is -0.119. The molecule has 0 aromatic heterocycles. The van der Waals surface area contributed by atoms with E-state index in [9.17, 15) is 9.18 Å². The second kappa shape index (κ2) is 9.79. The molecule has 0 spiro atoms. The number of nitrogens with one attached hydrogen (secondary N) is 1. The van der Waals surface area contributed by atoms with E-state index < -0.39 is 0 Å². The van der Waals surface area contributed by atoms with Crippen LogP contribution in [0.5, 0.6) is 5.75 Å². The summed E-state index contributed by atoms with van der Waals surface area (Å²) in [7, 11) is 3.78. The van der Waals surface area contributed by atoms with Crippen molar-refractivity contribution in [3.05, 3.63) is 59.9 Å². The molecule has 1 N–H and O–H groups in total. The van der Waals surface area contributed by atoms with Crippen molar-refractivity contribution in [1.29, 1.82) is 0 Å². The first-order valence-corrected chi connectivity index (χ1v) is 11.1. The van der Waals surface area contributed by atoms with E-state index in [1.54, 1.807) is 19.2 Å². The number of benzene rings is 2. The third-order valence-corrected chi connectivity index (χ3v) is 6.80. The maximum atomic E-state index is 13.4. The van der Waals surface area contributed by atoms with Gasteiger partial charge in [-0.05, 0) is 87.3 Å². The molecule has 6 heteroatoms. The predicted molar refractivity (Wildman–Crippen MR) is 121 cm³/mol. The molecule has 2 heterocycles. The number of anilines is 1. The van der Waals surface area contributed by atoms with Crippen LogP contribution in [-0.2, 0) is 11.3 Å². The Morgan fingerprint density at radius 2 is 1.90 bits per heavy atom. The Morgan fingerprint density at radius 3 is 2.58 bits per heavy atom. The van der Waals surface area contributed by atoms with Gasteiger partial charge >= 0.3 is 0 Å². The number of amides is 1. The van der Waals surface area contributed by atoms with Crippen LogP contribution in [0.4, 0.5) is 10.1 Å². The van der Waals surface area contributed by atoms with Crippen LogP contribution in [0.2, 0.25) is 0 Å². The van der Waals surface area contributed by atoms with Crippen LogP contribution in [0, 0.1) is 17.7 Å². The highest BCUT2D eigenvalue weighted by Crippen LogP contribution is 2.34. The highest BCUT2D eigenvalue weighted by Gasteiger charge is 2.39. The molecule has 1 amide bonds. The summed E-state index contributed by atoms with van der Waals surface area (Å²) in [5, 5.41) is 3.06. The first kappa shape index (κ1) is 21.8. The van der Waals surface area contributed by atoms with E-state index in [-0.39, 0.29) is 17.6 Å². The van der Waals surface area contributed by atoms with Crippen molar-refractivity contribution >= 4 is 11.6 Å². The van der Waals surface area contributed by atoms with Crippen molar-refractivity contribution < 1.29 is 13.9 Å². The first-order valence-electron chi connectivity index (χ1n) is 11.1. The summed E-state index contributed by atoms with van der Waals surface area (Å²) in [6, 6.07) is 14.8. The number of carbonyl (C=O) groups excluding carboxylic acids is 1. The van der Waals surface area contributed by atoms with Crippen LogP contribution in [0.3, 0.4) is 0 Å². The molecular formula is C25H32FN3O2. The summed E-state index contributed by atoms with van der Waals surface area (Å²) >= 11 is 0. The number of ether oxygens (including phenoxy) is 1. The minimum atomic E-state index is -0.168. The Labute approximate surface area is 184 Å². The third-order valence-electron chi connectivity index (χ3n) is 6.80. The minimum absolute atomic E-state index is 0.0161. The fourth-order valence-electron chi connectivity index (χ4n) is 5.08. The standard InChI is InChI=1S/C25H32FN3O2/c1-28-17-20(25(30)27-22-6-8-23(31-2)9-7-22)15-24(28)19-10-12-29(13-11-19)16-18-4-3-5-21(26)14-18/h3-9,14,19-20,24H,10-13,15-17H2,1-2H3,(H,27,30). The van der Waals surface area contributed by atoms with Gasteiger partial charge in [0.2, 0.25) is 5.91 Å². The molecule has 0 bridgehead atoms. The molecule has 2 aliphatic rings. The van der Waals surface area contributed by atoms with E-state index in [2.05, 4.69) is 22.2 Å². The van der Waals surface area contributed by atoms with E-state index in [4.69, 9.17) is 4.74 Å². The molecule has 5 nitrogen and oxygen atoms in total. The van der Waals surface area contributed by atoms with Gasteiger partial charge in [-0.2, -0.15) is 0 Å². The van der Waals surface area contributed by atoms with Gasteiger partial charge in [0.25, 0.3) is 0 Å². The number of likely N-dealkylation sites (tertiary alicyclic amines) is 2. The van der Waals surface area contributed by atoms with Crippen molar-refractivity contribution in [2.45, 2.75) is 31.8 Å². The molecule has 31 heavy (non-hydrogen) atoms. The summed E-state index contributed by atoms with van der Waals surface area (Å²) < 4.78 is 18.6. The molecule has 2 atom stereocenters. The van der Waals surface area contributed by atoms with Gasteiger partial charge in [0.05, 0.1) is 13.0 Å². The van der Waals surface area contributed by atoms with Gasteiger partial charge < -0.3 is 15.0 Å². The molecule has 0 saturated carbocycles. The van der Waals surface area contributed by atoms with Gasteiger partial charge in [-0.15, -0.1) is 0 Å². The molecule has 2 aromatic rings. The fourth-order valence-corrected chi connectivity index (χ4v) is 5.08. The zero-order valence-corrected chi connectivity index (χ0v) is 18.4. The molecule has 166 valence electrons. The highest BCUT2D eigenvalue weighted by molar-refractivity contribution is 5.93. The van der Waals surface area contributed by atoms with E-state index in [0.717, 1.165) is 62.4 Å². The zero-order valence-electron chi connectivity index (χ0n) is 18.4. The maximum absolute atomic E-state index is 13.4. The van der Waals surface area contributed by atoms with E-state index in [0.29, 0.717) is 12.0 Å². The summed E-state index contributed by atoms with van der Waals surface area (Å²) in [5.41, 5.74) is 1.84. The molecule has 2 aromatic carbocycles. The number of methoxy groups -OCH3 is 1. The topological polar surface area (TPSA) is 44.8 Å². The SMILES string of the molecule is COc1ccc(NC(=O)C2CC(C3CCN(Cc4cccc(F)c4)CC3)N(C)C2)cc1. The quantitative estimate of drug-likeness (QED) is 0.760. The van der Waals surface area contributed by atoms with Gasteiger partial charge in [0, 0.05) is 24.8 Å². The number of halogens is 1. The van der Waals surface area contributed by atoms with E-state index in [1.165, 1.54) is 6.07 Å². The van der Waals surface area contributed by atoms with Crippen LogP contribution in [0.15, 0.2) is 48.5 Å². The van der Waals surface area contributed by atoms with Crippen molar-refractivity contribution in [3.8, 4) is 5.75 Å². The summed E-state index contributed by atoms with van der Waals surface area (Å²) in [5.74, 6) is 1.33. The number of carbonyl (C=O) groups is 1. The van der Waals surface area contributed by atoms with Crippen molar-refractivity contribution in [1.82, 2.24) is 9.80 Å². The number of nitrogens with zero attached hydrogens (tertiary/aromatic N) is 2. The van der Waals surface area contributed by atoms with Crippen molar-refractivity contribution in [2.75, 3.05) is 39.1 Å². The van der Waals surface area contributed by atoms with Gasteiger partial charge in [0.15, 0.2) is 0 Å². The third kappa shape index (κ3) is 5.43. The Kier molecular flexibility index (Phi) is 6.88. The summed E-state index contributed by atoms with van der Waals surface area (Å²) in [4.78, 5) is 17.6. The maximum Gasteiger partial charge on any atom is 0.228 e. The molecule has 4 rings (SSSR count). The average Bonchev–Trinajstić information content (AvgIpc) is 3.17. The van der Waals surface area contributed by atoms with Gasteiger partial charge in [-0.3, -0.25) is 9.69 Å². The minimum Gasteiger partial charge on any atom is -0.497 e. The Bertz CT molecular complexity index is 881. The zero-order chi connectivity index (χ0) is 21.8. The van der Waals surface area contributed by atoms with Crippen LogP contribution in [0.1, 0.15) is 24.8 Å². The van der Waals surface area contributed by atoms with Crippen LogP contribution in [0.25, 0.3) is 0 Å². The Hall–Kier alpha value is -2.44. The van der Waals surface area contributed by atoms with Crippen LogP contribution in [-0.4, -0.2) is 55.5 Å². The molecule has 2 unspecified atom stereocenters. The smallest absolute Gasteiger partial charge is 0.228 e. The number of hydrogen-bond donors (Lipinski definition) is 1. The van der Waals surface area contributed by atoms with Gasteiger partial charge in [-0.25, -0.2) is 4.39 Å². The Balaban J connectivity index is 1.27. The summed E-state index contributed by atoms with van der Waals surface area (Å²) in [6.07, 6.45) is 3.15. The number of piperidine rings is 1. The fraction of sp³-hybridized carbons (Fsp3) is 0.480. The molecule has 2 saturated heterocycles. The second-order valence-corrected chi connectivity index (χ2v) is 8.90. The number of hydrogen-bond acceptors (Lipinski definition) is 4. The molecule has 0 radical (unpaired) electrons. The predicted octanol–water partition coefficient (Wildman–Crippen LogP) is 4.01. The van der Waals surface area contributed by atoms with Crippen molar-refractivity contribution in [2.24, 2.45) is 11.8 Å². The average molecular weight is 426 g/mol. The largest absolute Gasteiger partial charge is 0.497 e. The summed E-state index contributed by atoms with van der Waals surface area (Å²) in [6.45, 7) is 3.65. The monoisotopic (exact) mass is 425 g/mol. The van der Waals surface area contributed by atoms with E-state index >= 15 is 0 Å². The lowest BCUT2D eigenvalue weighted by atomic mass is 9.86. The van der Waals surface area contributed by atoms with Crippen LogP contribution < -0.4 is 10.1 Å². The van der Waals surface area contributed by atoms with Gasteiger partial charge in [-0.1, -0.05) is 12.1 Å². The second-order valence-electron chi connectivity index (χ2n) is 8.90. The Morgan fingerprint density at radius 1 is 1.16 bits per heavy atom. The molecule has 2 fully saturated rings. The normalized spacial score (nSPS) is 23.1. The van der Waals surface area contributed by atoms with Crippen molar-refractivity contribution in [3.63, 3.8) is 0 Å². The molecule has 2 aliphatic heterocycles. The molecule has 0 aliphatic carbocycles. The van der Waals surface area contributed by atoms with E-state index in [1.807, 2.05) is 30.3 Å². The lowest BCUT2D eigenvalue weighted by Crippen LogP contribution is -2.41. The highest BCUT2D eigenvalue weighted by atomic mass is 19.1. The first-order chi connectivity index (χ1) is 15.0. The lowest BCUT2D eigenvalue weighted by Gasteiger charge is -2.37. The number of rotatable bonds is 6. The molecular weight excluding hydrogens is 393 g/mol. The van der Waals surface area contributed by atoms with Gasteiger partial charge in [0.1, 0.15) is 11.6 Å².